The standard InChI is InChI=1S/C25H29Cl2N3O/c1-2-17-6-5-7-19-21(16-29-25(17)19)20(18-8-9-22(26)23(27)14-18)15-24(31)28-10-13-30-11-3-4-12-30/h5-9,14,16,20,29H,2-4,10-13,15H2,1H3,(H,28,31)/t20-/m0/s1. The summed E-state index contributed by atoms with van der Waals surface area (Å²) in [5, 5.41) is 5.30. The van der Waals surface area contributed by atoms with Crippen molar-refractivity contribution < 1.29 is 4.79 Å². The van der Waals surface area contributed by atoms with E-state index in [0.717, 1.165) is 48.1 Å². The van der Waals surface area contributed by atoms with Gasteiger partial charge >= 0.3 is 0 Å². The number of H-pyrrole nitrogens is 1. The quantitative estimate of drug-likeness (QED) is 0.450. The van der Waals surface area contributed by atoms with Crippen LogP contribution in [-0.4, -0.2) is 42.0 Å². The minimum absolute atomic E-state index is 0.0521. The number of nitrogens with zero attached hydrogens (tertiary/aromatic N) is 1. The highest BCUT2D eigenvalue weighted by Gasteiger charge is 2.23. The van der Waals surface area contributed by atoms with E-state index in [0.29, 0.717) is 23.0 Å². The lowest BCUT2D eigenvalue weighted by Crippen LogP contribution is -2.34. The molecule has 2 aromatic carbocycles. The molecule has 164 valence electrons. The lowest BCUT2D eigenvalue weighted by molar-refractivity contribution is -0.121. The van der Waals surface area contributed by atoms with Crippen LogP contribution in [-0.2, 0) is 11.2 Å². The van der Waals surface area contributed by atoms with Gasteiger partial charge in [-0.05, 0) is 61.2 Å². The van der Waals surface area contributed by atoms with Crippen LogP contribution in [0, 0.1) is 0 Å². The zero-order chi connectivity index (χ0) is 21.8. The maximum atomic E-state index is 12.9. The molecule has 6 heteroatoms. The van der Waals surface area contributed by atoms with E-state index in [1.54, 1.807) is 0 Å². The SMILES string of the molecule is CCc1cccc2c([C@@H](CC(=O)NCCN3CCCC3)c3ccc(Cl)c(Cl)c3)c[nH]c12. The first kappa shape index (κ1) is 22.2. The molecule has 0 bridgehead atoms. The minimum atomic E-state index is -0.109. The van der Waals surface area contributed by atoms with Crippen LogP contribution < -0.4 is 5.32 Å². The molecule has 0 unspecified atom stereocenters. The molecule has 1 aliphatic rings. The smallest absolute Gasteiger partial charge is 0.220 e. The van der Waals surface area contributed by atoms with E-state index in [2.05, 4.69) is 40.3 Å². The van der Waals surface area contributed by atoms with Gasteiger partial charge in [0.2, 0.25) is 5.91 Å². The van der Waals surface area contributed by atoms with Gasteiger partial charge in [-0.2, -0.15) is 0 Å². The highest BCUT2D eigenvalue weighted by molar-refractivity contribution is 6.42. The molecule has 4 nitrogen and oxygen atoms in total. The number of amides is 1. The molecule has 1 aliphatic heterocycles. The summed E-state index contributed by atoms with van der Waals surface area (Å²) in [6, 6.07) is 12.0. The molecule has 4 rings (SSSR count). The molecule has 2 heterocycles. The molecule has 1 saturated heterocycles. The first-order chi connectivity index (χ1) is 15.1. The Morgan fingerprint density at radius 3 is 2.71 bits per heavy atom. The Morgan fingerprint density at radius 2 is 1.97 bits per heavy atom. The van der Waals surface area contributed by atoms with Gasteiger partial charge in [0.1, 0.15) is 0 Å². The number of aromatic amines is 1. The molecule has 1 aromatic heterocycles. The second-order valence-electron chi connectivity index (χ2n) is 8.27. The van der Waals surface area contributed by atoms with Gasteiger partial charge in [-0.25, -0.2) is 0 Å². The average molecular weight is 458 g/mol. The van der Waals surface area contributed by atoms with Crippen molar-refractivity contribution in [3.8, 4) is 0 Å². The Hall–Kier alpha value is -2.01. The summed E-state index contributed by atoms with van der Waals surface area (Å²) in [5.74, 6) is -0.0568. The molecule has 0 saturated carbocycles. The van der Waals surface area contributed by atoms with Crippen molar-refractivity contribution >= 4 is 40.0 Å². The van der Waals surface area contributed by atoms with Crippen molar-refractivity contribution in [2.24, 2.45) is 0 Å². The topological polar surface area (TPSA) is 48.1 Å². The minimum Gasteiger partial charge on any atom is -0.361 e. The van der Waals surface area contributed by atoms with Crippen LogP contribution in [0.3, 0.4) is 0 Å². The molecule has 0 radical (unpaired) electrons. The summed E-state index contributed by atoms with van der Waals surface area (Å²) in [6.07, 6.45) is 5.86. The van der Waals surface area contributed by atoms with Gasteiger partial charge in [0.15, 0.2) is 0 Å². The van der Waals surface area contributed by atoms with E-state index in [1.807, 2.05) is 24.4 Å². The Labute approximate surface area is 193 Å². The monoisotopic (exact) mass is 457 g/mol. The van der Waals surface area contributed by atoms with Gasteiger partial charge in [0.05, 0.1) is 10.0 Å². The predicted molar refractivity (Wildman–Crippen MR) is 129 cm³/mol. The van der Waals surface area contributed by atoms with Crippen molar-refractivity contribution in [2.75, 3.05) is 26.2 Å². The molecule has 1 atom stereocenters. The Bertz CT molecular complexity index is 1060. The lowest BCUT2D eigenvalue weighted by atomic mass is 9.87. The van der Waals surface area contributed by atoms with Crippen LogP contribution in [0.4, 0.5) is 0 Å². The second kappa shape index (κ2) is 10.1. The van der Waals surface area contributed by atoms with E-state index in [1.165, 1.54) is 18.4 Å². The summed E-state index contributed by atoms with van der Waals surface area (Å²) in [4.78, 5) is 18.8. The maximum Gasteiger partial charge on any atom is 0.220 e. The van der Waals surface area contributed by atoms with E-state index in [9.17, 15) is 4.79 Å². The van der Waals surface area contributed by atoms with E-state index in [-0.39, 0.29) is 11.8 Å². The average Bonchev–Trinajstić information content (AvgIpc) is 3.44. The third-order valence-corrected chi connectivity index (χ3v) is 7.01. The number of likely N-dealkylation sites (tertiary alicyclic amines) is 1. The maximum absolute atomic E-state index is 12.9. The van der Waals surface area contributed by atoms with Crippen LogP contribution in [0.5, 0.6) is 0 Å². The van der Waals surface area contributed by atoms with Crippen molar-refractivity contribution in [2.45, 2.75) is 38.5 Å². The van der Waals surface area contributed by atoms with Gasteiger partial charge in [0, 0.05) is 42.5 Å². The number of aromatic nitrogens is 1. The number of para-hydroxylation sites is 1. The number of carbonyl (C=O) groups is 1. The normalized spacial score (nSPS) is 15.5. The summed E-state index contributed by atoms with van der Waals surface area (Å²) >= 11 is 12.5. The second-order valence-corrected chi connectivity index (χ2v) is 9.08. The zero-order valence-corrected chi connectivity index (χ0v) is 19.4. The number of hydrogen-bond donors (Lipinski definition) is 2. The van der Waals surface area contributed by atoms with Crippen molar-refractivity contribution in [3.05, 3.63) is 69.3 Å². The fourth-order valence-corrected chi connectivity index (χ4v) is 4.88. The Balaban J connectivity index is 1.59. The number of nitrogens with one attached hydrogen (secondary N) is 2. The lowest BCUT2D eigenvalue weighted by Gasteiger charge is -2.19. The Morgan fingerprint density at radius 1 is 1.16 bits per heavy atom. The van der Waals surface area contributed by atoms with Crippen LogP contribution in [0.2, 0.25) is 10.0 Å². The number of halogens is 2. The predicted octanol–water partition coefficient (Wildman–Crippen LogP) is 5.77. The van der Waals surface area contributed by atoms with Crippen LogP contribution >= 0.6 is 23.2 Å². The van der Waals surface area contributed by atoms with E-state index in [4.69, 9.17) is 23.2 Å². The van der Waals surface area contributed by atoms with Crippen molar-refractivity contribution in [1.29, 1.82) is 0 Å². The van der Waals surface area contributed by atoms with Gasteiger partial charge < -0.3 is 15.2 Å². The molecular weight excluding hydrogens is 429 g/mol. The molecule has 2 N–H and O–H groups in total. The summed E-state index contributed by atoms with van der Waals surface area (Å²) < 4.78 is 0. The van der Waals surface area contributed by atoms with E-state index >= 15 is 0 Å². The van der Waals surface area contributed by atoms with Crippen molar-refractivity contribution in [3.63, 3.8) is 0 Å². The zero-order valence-electron chi connectivity index (χ0n) is 17.9. The first-order valence-electron chi connectivity index (χ1n) is 11.1. The number of fused-ring (bicyclic) bond motifs is 1. The Kier molecular flexibility index (Phi) is 7.21. The number of carbonyl (C=O) groups excluding carboxylic acids is 1. The molecule has 0 spiro atoms. The number of rotatable bonds is 8. The highest BCUT2D eigenvalue weighted by atomic mass is 35.5. The number of aryl methyl sites for hydroxylation is 1. The molecule has 1 amide bonds. The van der Waals surface area contributed by atoms with Crippen molar-refractivity contribution in [1.82, 2.24) is 15.2 Å². The molecule has 0 aliphatic carbocycles. The summed E-state index contributed by atoms with van der Waals surface area (Å²) in [7, 11) is 0. The first-order valence-corrected chi connectivity index (χ1v) is 11.8. The van der Waals surface area contributed by atoms with Crippen LogP contribution in [0.15, 0.2) is 42.6 Å². The van der Waals surface area contributed by atoms with Crippen LogP contribution in [0.1, 0.15) is 48.8 Å². The van der Waals surface area contributed by atoms with E-state index < -0.39 is 0 Å². The molecule has 1 fully saturated rings. The fourth-order valence-electron chi connectivity index (χ4n) is 4.58. The van der Waals surface area contributed by atoms with Gasteiger partial charge in [-0.15, -0.1) is 0 Å². The summed E-state index contributed by atoms with van der Waals surface area (Å²) in [5.41, 5.74) is 4.51. The van der Waals surface area contributed by atoms with Gasteiger partial charge in [-0.3, -0.25) is 4.79 Å². The molecule has 31 heavy (non-hydrogen) atoms. The van der Waals surface area contributed by atoms with Crippen LogP contribution in [0.25, 0.3) is 10.9 Å². The molecular formula is C25H29Cl2N3O. The third kappa shape index (κ3) is 5.08. The summed E-state index contributed by atoms with van der Waals surface area (Å²) in [6.45, 7) is 6.02. The molecule has 3 aromatic rings. The fraction of sp³-hybridized carbons (Fsp3) is 0.400. The van der Waals surface area contributed by atoms with Gasteiger partial charge in [0.25, 0.3) is 0 Å². The highest BCUT2D eigenvalue weighted by Crippen LogP contribution is 2.36. The number of hydrogen-bond acceptors (Lipinski definition) is 2. The number of benzene rings is 2. The van der Waals surface area contributed by atoms with Gasteiger partial charge in [-0.1, -0.05) is 54.4 Å². The third-order valence-electron chi connectivity index (χ3n) is 6.27. The largest absolute Gasteiger partial charge is 0.361 e.